The first kappa shape index (κ1) is 17.8. The number of imidazole rings is 1. The number of carbonyl (C=O) groups is 1. The van der Waals surface area contributed by atoms with E-state index >= 15 is 0 Å². The van der Waals surface area contributed by atoms with Crippen molar-refractivity contribution >= 4 is 22.5 Å². The van der Waals surface area contributed by atoms with E-state index in [1.54, 1.807) is 24.3 Å². The molecule has 0 bridgehead atoms. The van der Waals surface area contributed by atoms with Crippen LogP contribution in [0.15, 0.2) is 64.1 Å². The smallest absolute Gasteiger partial charge is 0.417 e. The molecule has 142 valence electrons. The van der Waals surface area contributed by atoms with Gasteiger partial charge in [0.05, 0.1) is 17.8 Å². The largest absolute Gasteiger partial charge is 0.422 e. The van der Waals surface area contributed by atoms with E-state index in [1.165, 1.54) is 22.7 Å². The maximum absolute atomic E-state index is 12.8. The van der Waals surface area contributed by atoms with Crippen LogP contribution in [0.2, 0.25) is 0 Å². The average Bonchev–Trinajstić information content (AvgIpc) is 3.07. The Labute approximate surface area is 155 Å². The summed E-state index contributed by atoms with van der Waals surface area (Å²) in [5.74, 6) is -0.660. The fourth-order valence-corrected chi connectivity index (χ4v) is 2.78. The summed E-state index contributed by atoms with van der Waals surface area (Å²) >= 11 is 0. The van der Waals surface area contributed by atoms with Crippen LogP contribution in [0.5, 0.6) is 0 Å². The number of hydrogen-bond acceptors (Lipinski definition) is 4. The van der Waals surface area contributed by atoms with Crippen LogP contribution in [0, 0.1) is 0 Å². The Balaban J connectivity index is 1.55. The second-order valence-corrected chi connectivity index (χ2v) is 6.08. The van der Waals surface area contributed by atoms with E-state index in [2.05, 4.69) is 10.3 Å². The standard InChI is InChI=1S/C19H12F3N3O3/c20-19(21,22)12-5-6-16-24-13(10-25(16)9-12)8-23-17(26)14-7-11-3-1-2-4-15(11)28-18(14)27/h1-7,9-10H,8H2,(H,23,26). The third kappa shape index (κ3) is 3.34. The zero-order valence-electron chi connectivity index (χ0n) is 14.2. The number of alkyl halides is 3. The van der Waals surface area contributed by atoms with Crippen LogP contribution in [0.4, 0.5) is 13.2 Å². The lowest BCUT2D eigenvalue weighted by Gasteiger charge is -2.05. The summed E-state index contributed by atoms with van der Waals surface area (Å²) in [6.45, 7) is -0.0614. The molecule has 4 aromatic rings. The Bertz CT molecular complexity index is 1260. The molecule has 3 heterocycles. The van der Waals surface area contributed by atoms with Crippen molar-refractivity contribution in [1.82, 2.24) is 14.7 Å². The van der Waals surface area contributed by atoms with Gasteiger partial charge in [-0.3, -0.25) is 4.79 Å². The molecule has 0 saturated heterocycles. The first-order chi connectivity index (χ1) is 13.3. The average molecular weight is 387 g/mol. The Morgan fingerprint density at radius 3 is 2.71 bits per heavy atom. The molecule has 0 radical (unpaired) electrons. The first-order valence-electron chi connectivity index (χ1n) is 8.17. The summed E-state index contributed by atoms with van der Waals surface area (Å²) in [7, 11) is 0. The zero-order valence-corrected chi connectivity index (χ0v) is 14.2. The van der Waals surface area contributed by atoms with E-state index in [1.807, 2.05) is 0 Å². The number of carbonyl (C=O) groups excluding carboxylic acids is 1. The Morgan fingerprint density at radius 2 is 1.93 bits per heavy atom. The lowest BCUT2D eigenvalue weighted by atomic mass is 10.2. The molecule has 0 unspecified atom stereocenters. The number of rotatable bonds is 3. The molecule has 4 rings (SSSR count). The molecule has 0 atom stereocenters. The number of aromatic nitrogens is 2. The molecule has 1 amide bonds. The molecule has 3 aromatic heterocycles. The second kappa shape index (κ2) is 6.52. The fourth-order valence-electron chi connectivity index (χ4n) is 2.78. The minimum atomic E-state index is -4.46. The summed E-state index contributed by atoms with van der Waals surface area (Å²) in [4.78, 5) is 28.5. The van der Waals surface area contributed by atoms with Crippen LogP contribution >= 0.6 is 0 Å². The summed E-state index contributed by atoms with van der Waals surface area (Å²) in [6, 6.07) is 10.4. The molecule has 0 spiro atoms. The fraction of sp³-hybridized carbons (Fsp3) is 0.105. The van der Waals surface area contributed by atoms with Crippen molar-refractivity contribution in [3.8, 4) is 0 Å². The van der Waals surface area contributed by atoms with Gasteiger partial charge in [-0.25, -0.2) is 9.78 Å². The Kier molecular flexibility index (Phi) is 4.14. The van der Waals surface area contributed by atoms with Gasteiger partial charge < -0.3 is 14.1 Å². The number of pyridine rings is 1. The van der Waals surface area contributed by atoms with Gasteiger partial charge in [0.15, 0.2) is 0 Å². The lowest BCUT2D eigenvalue weighted by molar-refractivity contribution is -0.137. The molecule has 28 heavy (non-hydrogen) atoms. The Hall–Kier alpha value is -3.62. The van der Waals surface area contributed by atoms with Crippen molar-refractivity contribution in [1.29, 1.82) is 0 Å². The topological polar surface area (TPSA) is 76.6 Å². The maximum atomic E-state index is 12.8. The maximum Gasteiger partial charge on any atom is 0.417 e. The van der Waals surface area contributed by atoms with Crippen LogP contribution in [0.25, 0.3) is 16.6 Å². The number of hydrogen-bond donors (Lipinski definition) is 1. The molecule has 1 aromatic carbocycles. The van der Waals surface area contributed by atoms with Gasteiger partial charge in [0.1, 0.15) is 16.8 Å². The number of amides is 1. The van der Waals surface area contributed by atoms with Crippen molar-refractivity contribution in [2.45, 2.75) is 12.7 Å². The van der Waals surface area contributed by atoms with Crippen LogP contribution in [-0.2, 0) is 12.7 Å². The van der Waals surface area contributed by atoms with E-state index in [-0.39, 0.29) is 12.1 Å². The van der Waals surface area contributed by atoms with E-state index < -0.39 is 23.3 Å². The highest BCUT2D eigenvalue weighted by atomic mass is 19.4. The van der Waals surface area contributed by atoms with Crippen molar-refractivity contribution in [2.75, 3.05) is 0 Å². The molecule has 0 aliphatic rings. The molecule has 9 heteroatoms. The molecule has 1 N–H and O–H groups in total. The van der Waals surface area contributed by atoms with Crippen molar-refractivity contribution in [2.24, 2.45) is 0 Å². The SMILES string of the molecule is O=C(NCc1cn2cc(C(F)(F)F)ccc2n1)c1cc2ccccc2oc1=O. The molecule has 6 nitrogen and oxygen atoms in total. The highest BCUT2D eigenvalue weighted by Crippen LogP contribution is 2.29. The first-order valence-corrected chi connectivity index (χ1v) is 8.17. The third-order valence-corrected chi connectivity index (χ3v) is 4.14. The van der Waals surface area contributed by atoms with Crippen LogP contribution in [0.1, 0.15) is 21.6 Å². The number of para-hydroxylation sites is 1. The number of halogens is 3. The minimum absolute atomic E-state index is 0.0614. The van der Waals surface area contributed by atoms with Crippen molar-refractivity contribution in [3.63, 3.8) is 0 Å². The van der Waals surface area contributed by atoms with Gasteiger partial charge in [0, 0.05) is 17.8 Å². The second-order valence-electron chi connectivity index (χ2n) is 6.08. The molecule has 0 aliphatic heterocycles. The monoisotopic (exact) mass is 387 g/mol. The summed E-state index contributed by atoms with van der Waals surface area (Å²) in [6.07, 6.45) is -2.16. The highest BCUT2D eigenvalue weighted by Gasteiger charge is 2.30. The number of nitrogens with zero attached hydrogens (tertiary/aromatic N) is 2. The molecule has 0 aliphatic carbocycles. The van der Waals surface area contributed by atoms with Gasteiger partial charge >= 0.3 is 11.8 Å². The quantitative estimate of drug-likeness (QED) is 0.547. The predicted molar refractivity (Wildman–Crippen MR) is 93.8 cm³/mol. The van der Waals surface area contributed by atoms with Gasteiger partial charge in [-0.2, -0.15) is 13.2 Å². The molecule has 0 saturated carbocycles. The highest BCUT2D eigenvalue weighted by molar-refractivity contribution is 5.96. The van der Waals surface area contributed by atoms with E-state index in [0.29, 0.717) is 22.3 Å². The zero-order chi connectivity index (χ0) is 19.9. The van der Waals surface area contributed by atoms with Crippen molar-refractivity contribution < 1.29 is 22.4 Å². The Morgan fingerprint density at radius 1 is 1.14 bits per heavy atom. The third-order valence-electron chi connectivity index (χ3n) is 4.14. The van der Waals surface area contributed by atoms with Gasteiger partial charge in [-0.05, 0) is 24.3 Å². The van der Waals surface area contributed by atoms with Gasteiger partial charge in [0.25, 0.3) is 5.91 Å². The number of benzene rings is 1. The summed E-state index contributed by atoms with van der Waals surface area (Å²) in [5.41, 5.74) is -0.727. The van der Waals surface area contributed by atoms with E-state index in [9.17, 15) is 22.8 Å². The van der Waals surface area contributed by atoms with Crippen LogP contribution in [0.3, 0.4) is 0 Å². The van der Waals surface area contributed by atoms with Crippen LogP contribution < -0.4 is 10.9 Å². The van der Waals surface area contributed by atoms with Crippen molar-refractivity contribution in [3.05, 3.63) is 82.1 Å². The summed E-state index contributed by atoms with van der Waals surface area (Å²) < 4.78 is 44.7. The lowest BCUT2D eigenvalue weighted by Crippen LogP contribution is -2.27. The van der Waals surface area contributed by atoms with Crippen LogP contribution in [-0.4, -0.2) is 15.3 Å². The number of nitrogens with one attached hydrogen (secondary N) is 1. The summed E-state index contributed by atoms with van der Waals surface area (Å²) in [5, 5.41) is 3.13. The molecule has 0 fully saturated rings. The molecular formula is C19H12F3N3O3. The van der Waals surface area contributed by atoms with Gasteiger partial charge in [-0.15, -0.1) is 0 Å². The predicted octanol–water partition coefficient (Wildman–Crippen LogP) is 3.39. The molecular weight excluding hydrogens is 375 g/mol. The van der Waals surface area contributed by atoms with Gasteiger partial charge in [-0.1, -0.05) is 18.2 Å². The van der Waals surface area contributed by atoms with E-state index in [0.717, 1.165) is 12.3 Å². The normalized spacial score (nSPS) is 11.8. The van der Waals surface area contributed by atoms with E-state index in [4.69, 9.17) is 4.42 Å². The number of fused-ring (bicyclic) bond motifs is 2. The van der Waals surface area contributed by atoms with Gasteiger partial charge in [0.2, 0.25) is 0 Å². The minimum Gasteiger partial charge on any atom is -0.422 e.